The highest BCUT2D eigenvalue weighted by Gasteiger charge is 2.25. The number of nitrogens with two attached hydrogens (primary N) is 1. The van der Waals surface area contributed by atoms with Gasteiger partial charge in [0.05, 0.1) is 5.69 Å². The summed E-state index contributed by atoms with van der Waals surface area (Å²) in [5, 5.41) is 4.08. The Labute approximate surface area is 117 Å². The molecular formula is C14H19N3OS. The van der Waals surface area contributed by atoms with Gasteiger partial charge in [-0.05, 0) is 31.2 Å². The summed E-state index contributed by atoms with van der Waals surface area (Å²) in [6.07, 6.45) is 7.22. The second-order valence-electron chi connectivity index (χ2n) is 5.02. The van der Waals surface area contributed by atoms with E-state index in [1.54, 1.807) is 0 Å². The standard InChI is InChI=1S/C14H19N3OS/c1-19-12-8-3-2-6-10(12)16-14-17-13-9(15)5-4-7-11(13)18-14/h4-5,7,10,12H,2-3,6,8,15H2,1H3,(H,16,17). The van der Waals surface area contributed by atoms with Crippen LogP contribution in [0.3, 0.4) is 0 Å². The van der Waals surface area contributed by atoms with Crippen molar-refractivity contribution in [1.82, 2.24) is 4.98 Å². The number of hydrogen-bond donors (Lipinski definition) is 2. The van der Waals surface area contributed by atoms with Crippen LogP contribution in [0.15, 0.2) is 22.6 Å². The number of rotatable bonds is 3. The summed E-state index contributed by atoms with van der Waals surface area (Å²) >= 11 is 1.93. The first-order valence-corrected chi connectivity index (χ1v) is 8.01. The van der Waals surface area contributed by atoms with Gasteiger partial charge < -0.3 is 15.5 Å². The van der Waals surface area contributed by atoms with Crippen LogP contribution in [0.4, 0.5) is 11.7 Å². The summed E-state index contributed by atoms with van der Waals surface area (Å²) in [5.41, 5.74) is 8.07. The number of anilines is 2. The van der Waals surface area contributed by atoms with E-state index < -0.39 is 0 Å². The third-order valence-electron chi connectivity index (χ3n) is 3.76. The van der Waals surface area contributed by atoms with E-state index in [1.807, 2.05) is 30.0 Å². The normalized spacial score (nSPS) is 23.6. The van der Waals surface area contributed by atoms with Crippen LogP contribution >= 0.6 is 11.8 Å². The molecule has 1 saturated carbocycles. The second kappa shape index (κ2) is 5.33. The Morgan fingerprint density at radius 1 is 1.37 bits per heavy atom. The number of aromatic nitrogens is 1. The van der Waals surface area contributed by atoms with Crippen molar-refractivity contribution in [3.8, 4) is 0 Å². The van der Waals surface area contributed by atoms with Gasteiger partial charge in [-0.25, -0.2) is 0 Å². The number of nitrogen functional groups attached to an aromatic ring is 1. The van der Waals surface area contributed by atoms with Gasteiger partial charge in [-0.3, -0.25) is 0 Å². The molecule has 19 heavy (non-hydrogen) atoms. The van der Waals surface area contributed by atoms with Gasteiger partial charge in [0.1, 0.15) is 5.52 Å². The number of benzene rings is 1. The molecule has 0 spiro atoms. The summed E-state index contributed by atoms with van der Waals surface area (Å²) in [4.78, 5) is 4.46. The van der Waals surface area contributed by atoms with Crippen molar-refractivity contribution in [3.05, 3.63) is 18.2 Å². The van der Waals surface area contributed by atoms with Gasteiger partial charge in [0.15, 0.2) is 5.58 Å². The Hall–Kier alpha value is -1.36. The molecule has 0 saturated heterocycles. The van der Waals surface area contributed by atoms with Crippen molar-refractivity contribution in [2.75, 3.05) is 17.3 Å². The van der Waals surface area contributed by atoms with E-state index in [4.69, 9.17) is 10.2 Å². The molecule has 0 radical (unpaired) electrons. The molecule has 2 unspecified atom stereocenters. The predicted octanol–water partition coefficient (Wildman–Crippen LogP) is 3.50. The summed E-state index contributed by atoms with van der Waals surface area (Å²) < 4.78 is 5.73. The molecule has 1 heterocycles. The maximum absolute atomic E-state index is 5.90. The van der Waals surface area contributed by atoms with Crippen molar-refractivity contribution in [1.29, 1.82) is 0 Å². The smallest absolute Gasteiger partial charge is 0.296 e. The third-order valence-corrected chi connectivity index (χ3v) is 4.93. The zero-order chi connectivity index (χ0) is 13.2. The minimum absolute atomic E-state index is 0.443. The number of oxazole rings is 1. The Morgan fingerprint density at radius 2 is 2.21 bits per heavy atom. The molecule has 102 valence electrons. The van der Waals surface area contributed by atoms with Crippen LogP contribution in [0.25, 0.3) is 11.1 Å². The zero-order valence-corrected chi connectivity index (χ0v) is 11.9. The van der Waals surface area contributed by atoms with E-state index in [-0.39, 0.29) is 0 Å². The molecule has 1 aromatic carbocycles. The van der Waals surface area contributed by atoms with Crippen LogP contribution in [-0.2, 0) is 0 Å². The van der Waals surface area contributed by atoms with Gasteiger partial charge in [-0.1, -0.05) is 18.9 Å². The van der Waals surface area contributed by atoms with Crippen molar-refractivity contribution >= 4 is 34.6 Å². The fraction of sp³-hybridized carbons (Fsp3) is 0.500. The molecule has 1 fully saturated rings. The lowest BCUT2D eigenvalue weighted by atomic mass is 9.95. The van der Waals surface area contributed by atoms with Crippen molar-refractivity contribution < 1.29 is 4.42 Å². The first-order valence-electron chi connectivity index (χ1n) is 6.72. The molecule has 0 aliphatic heterocycles. The van der Waals surface area contributed by atoms with E-state index in [2.05, 4.69) is 16.6 Å². The van der Waals surface area contributed by atoms with E-state index in [0.717, 1.165) is 11.1 Å². The zero-order valence-electron chi connectivity index (χ0n) is 11.1. The van der Waals surface area contributed by atoms with Crippen molar-refractivity contribution in [3.63, 3.8) is 0 Å². The Kier molecular flexibility index (Phi) is 3.55. The highest BCUT2D eigenvalue weighted by molar-refractivity contribution is 7.99. The van der Waals surface area contributed by atoms with Gasteiger partial charge in [0.2, 0.25) is 0 Å². The number of nitrogens with zero attached hydrogens (tertiary/aromatic N) is 1. The third kappa shape index (κ3) is 2.52. The first kappa shape index (κ1) is 12.7. The second-order valence-corrected chi connectivity index (χ2v) is 6.10. The Balaban J connectivity index is 1.82. The average Bonchev–Trinajstić information content (AvgIpc) is 2.83. The van der Waals surface area contributed by atoms with Crippen LogP contribution in [0.5, 0.6) is 0 Å². The van der Waals surface area contributed by atoms with Gasteiger partial charge in [0, 0.05) is 11.3 Å². The van der Waals surface area contributed by atoms with Crippen molar-refractivity contribution in [2.24, 2.45) is 0 Å². The molecule has 0 bridgehead atoms. The lowest BCUT2D eigenvalue weighted by Gasteiger charge is -2.30. The topological polar surface area (TPSA) is 64.1 Å². The number of fused-ring (bicyclic) bond motifs is 1. The number of thioether (sulfide) groups is 1. The monoisotopic (exact) mass is 277 g/mol. The van der Waals surface area contributed by atoms with Crippen molar-refractivity contribution in [2.45, 2.75) is 37.0 Å². The van der Waals surface area contributed by atoms with Crippen LogP contribution in [0.2, 0.25) is 0 Å². The Morgan fingerprint density at radius 3 is 3.00 bits per heavy atom. The minimum Gasteiger partial charge on any atom is -0.423 e. The van der Waals surface area contributed by atoms with Crippen LogP contribution in [0.1, 0.15) is 25.7 Å². The van der Waals surface area contributed by atoms with E-state index >= 15 is 0 Å². The van der Waals surface area contributed by atoms with Crippen LogP contribution in [0, 0.1) is 0 Å². The molecule has 0 amide bonds. The van der Waals surface area contributed by atoms with Gasteiger partial charge >= 0.3 is 0 Å². The average molecular weight is 277 g/mol. The summed E-state index contributed by atoms with van der Waals surface area (Å²) in [6, 6.07) is 6.67. The number of nitrogens with one attached hydrogen (secondary N) is 1. The molecule has 3 rings (SSSR count). The molecule has 4 nitrogen and oxygen atoms in total. The predicted molar refractivity (Wildman–Crippen MR) is 81.6 cm³/mol. The molecule has 1 aromatic heterocycles. The van der Waals surface area contributed by atoms with Crippen LogP contribution < -0.4 is 11.1 Å². The SMILES string of the molecule is CSC1CCCCC1Nc1nc2c(N)cccc2o1. The summed E-state index contributed by atoms with van der Waals surface area (Å²) in [6.45, 7) is 0. The highest BCUT2D eigenvalue weighted by atomic mass is 32.2. The molecule has 3 N–H and O–H groups in total. The lowest BCUT2D eigenvalue weighted by molar-refractivity contribution is 0.462. The minimum atomic E-state index is 0.443. The Bertz CT molecular complexity index is 569. The molecule has 1 aliphatic carbocycles. The molecule has 5 heteroatoms. The number of para-hydroxylation sites is 1. The fourth-order valence-corrected chi connectivity index (χ4v) is 3.67. The van der Waals surface area contributed by atoms with Gasteiger partial charge in [0.25, 0.3) is 6.01 Å². The van der Waals surface area contributed by atoms with E-state index in [1.165, 1.54) is 25.7 Å². The maximum atomic E-state index is 5.90. The van der Waals surface area contributed by atoms with Gasteiger partial charge in [-0.15, -0.1) is 0 Å². The molecule has 2 aromatic rings. The first-order chi connectivity index (χ1) is 9.28. The van der Waals surface area contributed by atoms with E-state index in [0.29, 0.717) is 23.0 Å². The molecular weight excluding hydrogens is 258 g/mol. The quantitative estimate of drug-likeness (QED) is 0.841. The van der Waals surface area contributed by atoms with Crippen LogP contribution in [-0.4, -0.2) is 22.5 Å². The fourth-order valence-electron chi connectivity index (χ4n) is 2.73. The molecule has 2 atom stereocenters. The highest BCUT2D eigenvalue weighted by Crippen LogP contribution is 2.31. The summed E-state index contributed by atoms with van der Waals surface area (Å²) in [7, 11) is 0. The lowest BCUT2D eigenvalue weighted by Crippen LogP contribution is -2.34. The van der Waals surface area contributed by atoms with E-state index in [9.17, 15) is 0 Å². The number of hydrogen-bond acceptors (Lipinski definition) is 5. The maximum Gasteiger partial charge on any atom is 0.296 e. The molecule has 1 aliphatic rings. The van der Waals surface area contributed by atoms with Gasteiger partial charge in [-0.2, -0.15) is 16.7 Å². The summed E-state index contributed by atoms with van der Waals surface area (Å²) in [5.74, 6) is 0. The largest absolute Gasteiger partial charge is 0.423 e.